The number of thiocarbonyl (C=S) groups is 1. The Kier molecular flexibility index (Phi) is 6.06. The molecule has 158 valence electrons. The van der Waals surface area contributed by atoms with Crippen molar-refractivity contribution in [3.63, 3.8) is 0 Å². The van der Waals surface area contributed by atoms with Crippen molar-refractivity contribution in [1.82, 2.24) is 20.4 Å². The van der Waals surface area contributed by atoms with Crippen molar-refractivity contribution >= 4 is 34.9 Å². The Morgan fingerprint density at radius 3 is 2.58 bits per heavy atom. The number of carbonyl (C=O) groups is 1. The van der Waals surface area contributed by atoms with Crippen molar-refractivity contribution in [1.29, 1.82) is 0 Å². The van der Waals surface area contributed by atoms with E-state index in [4.69, 9.17) is 33.7 Å². The van der Waals surface area contributed by atoms with Crippen LogP contribution in [0.25, 0.3) is 16.9 Å². The summed E-state index contributed by atoms with van der Waals surface area (Å²) in [6.45, 7) is 3.87. The highest BCUT2D eigenvalue weighted by atomic mass is 35.5. The number of allylic oxidation sites excluding steroid dienone is 1. The van der Waals surface area contributed by atoms with Gasteiger partial charge < -0.3 is 15.4 Å². The third-order valence-electron chi connectivity index (χ3n) is 4.96. The lowest BCUT2D eigenvalue weighted by Crippen LogP contribution is -2.45. The van der Waals surface area contributed by atoms with Crippen molar-refractivity contribution in [2.45, 2.75) is 19.9 Å². The van der Waals surface area contributed by atoms with Crippen molar-refractivity contribution in [2.24, 2.45) is 0 Å². The van der Waals surface area contributed by atoms with Crippen LogP contribution in [0.15, 0.2) is 72.1 Å². The summed E-state index contributed by atoms with van der Waals surface area (Å²) in [6, 6.07) is 16.7. The van der Waals surface area contributed by atoms with Crippen LogP contribution in [-0.4, -0.2) is 27.5 Å². The van der Waals surface area contributed by atoms with Gasteiger partial charge in [-0.1, -0.05) is 41.9 Å². The van der Waals surface area contributed by atoms with Crippen molar-refractivity contribution in [3.05, 3.63) is 82.7 Å². The minimum atomic E-state index is -0.518. The van der Waals surface area contributed by atoms with Gasteiger partial charge in [0.25, 0.3) is 0 Å². The van der Waals surface area contributed by atoms with Gasteiger partial charge in [0, 0.05) is 28.0 Å². The van der Waals surface area contributed by atoms with Crippen molar-refractivity contribution < 1.29 is 9.53 Å². The first-order valence-electron chi connectivity index (χ1n) is 9.84. The lowest BCUT2D eigenvalue weighted by molar-refractivity contribution is -0.139. The van der Waals surface area contributed by atoms with Gasteiger partial charge in [0.1, 0.15) is 0 Å². The number of ether oxygens (including phenoxy) is 1. The smallest absolute Gasteiger partial charge is 0.338 e. The zero-order valence-corrected chi connectivity index (χ0v) is 18.6. The van der Waals surface area contributed by atoms with E-state index in [1.54, 1.807) is 11.6 Å². The van der Waals surface area contributed by atoms with Gasteiger partial charge in [-0.15, -0.1) is 0 Å². The number of nitrogens with zero attached hydrogens (tertiary/aromatic N) is 2. The number of para-hydroxylation sites is 1. The SMILES string of the molecule is CCOC(=O)C1=C(C)NC(=S)N[C@H]1c1cn(-c2ccccc2)nc1-c1ccc(Cl)cc1. The third kappa shape index (κ3) is 4.33. The second-order valence-corrected chi connectivity index (χ2v) is 7.86. The number of aromatic nitrogens is 2. The van der Waals surface area contributed by atoms with Crippen LogP contribution < -0.4 is 10.6 Å². The number of hydrogen-bond acceptors (Lipinski definition) is 4. The molecule has 8 heteroatoms. The fourth-order valence-corrected chi connectivity index (χ4v) is 3.95. The predicted octanol–water partition coefficient (Wildman–Crippen LogP) is 4.55. The van der Waals surface area contributed by atoms with Gasteiger partial charge in [-0.25, -0.2) is 9.48 Å². The van der Waals surface area contributed by atoms with E-state index >= 15 is 0 Å². The molecule has 0 fully saturated rings. The van der Waals surface area contributed by atoms with Gasteiger partial charge in [-0.05, 0) is 50.3 Å². The summed E-state index contributed by atoms with van der Waals surface area (Å²) in [5.41, 5.74) is 4.43. The second-order valence-electron chi connectivity index (χ2n) is 7.01. The van der Waals surface area contributed by atoms with Crippen LogP contribution in [-0.2, 0) is 9.53 Å². The molecule has 4 rings (SSSR count). The molecule has 1 aliphatic rings. The second kappa shape index (κ2) is 8.91. The first kappa shape index (κ1) is 21.1. The van der Waals surface area contributed by atoms with E-state index in [-0.39, 0.29) is 6.61 Å². The maximum absolute atomic E-state index is 12.8. The Morgan fingerprint density at radius 2 is 1.90 bits per heavy atom. The predicted molar refractivity (Wildman–Crippen MR) is 125 cm³/mol. The lowest BCUT2D eigenvalue weighted by Gasteiger charge is -2.29. The highest BCUT2D eigenvalue weighted by Gasteiger charge is 2.34. The average Bonchev–Trinajstić information content (AvgIpc) is 3.20. The number of esters is 1. The Morgan fingerprint density at radius 1 is 1.19 bits per heavy atom. The molecular weight excluding hydrogens is 432 g/mol. The Hall–Kier alpha value is -3.16. The molecule has 0 radical (unpaired) electrons. The summed E-state index contributed by atoms with van der Waals surface area (Å²) in [4.78, 5) is 12.8. The van der Waals surface area contributed by atoms with Crippen molar-refractivity contribution in [3.8, 4) is 16.9 Å². The zero-order chi connectivity index (χ0) is 22.0. The molecule has 0 aliphatic carbocycles. The van der Waals surface area contributed by atoms with Crippen LogP contribution in [0.1, 0.15) is 25.5 Å². The standard InChI is InChI=1S/C23H21ClN4O2S/c1-3-30-22(29)19-14(2)25-23(31)26-21(19)18-13-28(17-7-5-4-6-8-17)27-20(18)15-9-11-16(24)12-10-15/h4-13,21H,3H2,1-2H3,(H2,25,26,31)/t21-/m0/s1. The minimum Gasteiger partial charge on any atom is -0.463 e. The molecule has 0 saturated carbocycles. The molecule has 6 nitrogen and oxygen atoms in total. The summed E-state index contributed by atoms with van der Waals surface area (Å²) in [5.74, 6) is -0.401. The fourth-order valence-electron chi connectivity index (χ4n) is 3.55. The highest BCUT2D eigenvalue weighted by molar-refractivity contribution is 7.80. The molecule has 3 aromatic rings. The maximum atomic E-state index is 12.8. The Bertz CT molecular complexity index is 1160. The summed E-state index contributed by atoms with van der Waals surface area (Å²) in [7, 11) is 0. The maximum Gasteiger partial charge on any atom is 0.338 e. The minimum absolute atomic E-state index is 0.278. The van der Waals surface area contributed by atoms with E-state index in [1.165, 1.54) is 0 Å². The molecule has 2 aromatic carbocycles. The normalized spacial score (nSPS) is 16.0. The number of halogens is 1. The summed E-state index contributed by atoms with van der Waals surface area (Å²) in [6.07, 6.45) is 1.91. The molecule has 0 saturated heterocycles. The third-order valence-corrected chi connectivity index (χ3v) is 5.43. The molecule has 2 N–H and O–H groups in total. The zero-order valence-electron chi connectivity index (χ0n) is 17.1. The van der Waals surface area contributed by atoms with Crippen LogP contribution in [0.5, 0.6) is 0 Å². The first-order valence-corrected chi connectivity index (χ1v) is 10.6. The largest absolute Gasteiger partial charge is 0.463 e. The van der Waals surface area contributed by atoms with Crippen LogP contribution in [0.4, 0.5) is 0 Å². The van der Waals surface area contributed by atoms with Crippen LogP contribution >= 0.6 is 23.8 Å². The topological polar surface area (TPSA) is 68.2 Å². The van der Waals surface area contributed by atoms with Crippen LogP contribution in [0.3, 0.4) is 0 Å². The Labute approximate surface area is 190 Å². The van der Waals surface area contributed by atoms with Gasteiger partial charge in [0.05, 0.1) is 29.6 Å². The number of benzene rings is 2. The number of carbonyl (C=O) groups excluding carboxylic acids is 1. The molecule has 2 heterocycles. The van der Waals surface area contributed by atoms with Gasteiger partial charge in [0.15, 0.2) is 5.11 Å². The summed E-state index contributed by atoms with van der Waals surface area (Å²) in [5, 5.41) is 12.2. The van der Waals surface area contributed by atoms with E-state index in [0.717, 1.165) is 22.5 Å². The lowest BCUT2D eigenvalue weighted by atomic mass is 9.94. The molecule has 1 aromatic heterocycles. The molecule has 1 aliphatic heterocycles. The van der Waals surface area contributed by atoms with Gasteiger partial charge >= 0.3 is 5.97 Å². The van der Waals surface area contributed by atoms with E-state index in [1.807, 2.05) is 67.7 Å². The first-order chi connectivity index (χ1) is 15.0. The quantitative estimate of drug-likeness (QED) is 0.437. The molecule has 1 atom stereocenters. The summed E-state index contributed by atoms with van der Waals surface area (Å²) < 4.78 is 7.12. The van der Waals surface area contributed by atoms with Gasteiger partial charge in [-0.3, -0.25) is 0 Å². The molecule has 0 bridgehead atoms. The molecule has 0 amide bonds. The number of rotatable bonds is 5. The van der Waals surface area contributed by atoms with E-state index in [0.29, 0.717) is 21.4 Å². The Balaban J connectivity index is 1.90. The van der Waals surface area contributed by atoms with Crippen LogP contribution in [0, 0.1) is 0 Å². The molecule has 31 heavy (non-hydrogen) atoms. The van der Waals surface area contributed by atoms with E-state index < -0.39 is 12.0 Å². The summed E-state index contributed by atoms with van der Waals surface area (Å²) >= 11 is 11.5. The van der Waals surface area contributed by atoms with E-state index in [9.17, 15) is 4.79 Å². The van der Waals surface area contributed by atoms with Gasteiger partial charge in [-0.2, -0.15) is 5.10 Å². The molecule has 0 spiro atoms. The fraction of sp³-hybridized carbons (Fsp3) is 0.174. The number of nitrogens with one attached hydrogen (secondary N) is 2. The monoisotopic (exact) mass is 452 g/mol. The van der Waals surface area contributed by atoms with Gasteiger partial charge in [0.2, 0.25) is 0 Å². The molecule has 0 unspecified atom stereocenters. The average molecular weight is 453 g/mol. The van der Waals surface area contributed by atoms with Crippen LogP contribution in [0.2, 0.25) is 5.02 Å². The van der Waals surface area contributed by atoms with E-state index in [2.05, 4.69) is 10.6 Å². The highest BCUT2D eigenvalue weighted by Crippen LogP contribution is 2.35. The number of hydrogen-bond donors (Lipinski definition) is 2. The van der Waals surface area contributed by atoms with Crippen molar-refractivity contribution in [2.75, 3.05) is 6.61 Å². The molecular formula is C23H21ClN4O2S.